The van der Waals surface area contributed by atoms with Crippen molar-refractivity contribution in [2.45, 2.75) is 13.5 Å². The molecular weight excluding hydrogens is 444 g/mol. The van der Waals surface area contributed by atoms with Gasteiger partial charge in [0, 0.05) is 43.3 Å². The summed E-state index contributed by atoms with van der Waals surface area (Å²) in [7, 11) is 1.58. The first-order valence-electron chi connectivity index (χ1n) is 9.28. The maximum absolute atomic E-state index is 13.0. The van der Waals surface area contributed by atoms with Crippen molar-refractivity contribution in [1.82, 2.24) is 9.80 Å². The number of hydrogen-bond donors (Lipinski definition) is 0. The number of rotatable bonds is 6. The van der Waals surface area contributed by atoms with Crippen LogP contribution in [0.15, 0.2) is 40.9 Å². The molecule has 150 valence electrons. The number of amides is 1. The number of piperazine rings is 1. The Morgan fingerprint density at radius 1 is 1.18 bits per heavy atom. The molecule has 0 saturated carbocycles. The first-order chi connectivity index (χ1) is 13.5. The van der Waals surface area contributed by atoms with Gasteiger partial charge in [-0.1, -0.05) is 23.7 Å². The summed E-state index contributed by atoms with van der Waals surface area (Å²) in [5, 5.41) is 0.751. The molecule has 0 radical (unpaired) electrons. The van der Waals surface area contributed by atoms with E-state index in [1.54, 1.807) is 19.2 Å². The molecule has 0 N–H and O–H groups in total. The highest BCUT2D eigenvalue weighted by Crippen LogP contribution is 2.37. The minimum absolute atomic E-state index is 0.00412. The molecule has 0 atom stereocenters. The van der Waals surface area contributed by atoms with Gasteiger partial charge < -0.3 is 14.4 Å². The molecule has 0 spiro atoms. The number of carbonyl (C=O) groups is 1. The molecule has 0 aromatic heterocycles. The van der Waals surface area contributed by atoms with E-state index in [-0.39, 0.29) is 5.91 Å². The molecule has 0 unspecified atom stereocenters. The van der Waals surface area contributed by atoms with E-state index in [0.717, 1.165) is 29.1 Å². The van der Waals surface area contributed by atoms with Crippen molar-refractivity contribution in [3.05, 3.63) is 57.0 Å². The van der Waals surface area contributed by atoms with Crippen LogP contribution >= 0.6 is 27.5 Å². The van der Waals surface area contributed by atoms with E-state index in [4.69, 9.17) is 21.1 Å². The average Bonchev–Trinajstić information content (AvgIpc) is 2.69. The number of hydrogen-bond acceptors (Lipinski definition) is 4. The molecule has 2 aromatic rings. The fourth-order valence-electron chi connectivity index (χ4n) is 3.31. The summed E-state index contributed by atoms with van der Waals surface area (Å²) in [6.45, 7) is 6.30. The predicted molar refractivity (Wildman–Crippen MR) is 114 cm³/mol. The molecule has 2 aromatic carbocycles. The Kier molecular flexibility index (Phi) is 7.21. The van der Waals surface area contributed by atoms with Gasteiger partial charge in [-0.2, -0.15) is 0 Å². The molecule has 5 nitrogen and oxygen atoms in total. The third-order valence-corrected chi connectivity index (χ3v) is 5.54. The molecule has 3 rings (SSSR count). The maximum Gasteiger partial charge on any atom is 0.254 e. The van der Waals surface area contributed by atoms with E-state index in [0.29, 0.717) is 36.8 Å². The van der Waals surface area contributed by atoms with Crippen LogP contribution in [0.3, 0.4) is 0 Å². The summed E-state index contributed by atoms with van der Waals surface area (Å²) in [6, 6.07) is 11.5. The molecule has 1 fully saturated rings. The predicted octanol–water partition coefficient (Wildman–Crippen LogP) is 4.47. The smallest absolute Gasteiger partial charge is 0.254 e. The molecule has 7 heteroatoms. The normalized spacial score (nSPS) is 14.8. The van der Waals surface area contributed by atoms with Crippen molar-refractivity contribution in [3.63, 3.8) is 0 Å². The van der Waals surface area contributed by atoms with Gasteiger partial charge in [0.25, 0.3) is 5.91 Å². The van der Waals surface area contributed by atoms with E-state index in [9.17, 15) is 4.79 Å². The van der Waals surface area contributed by atoms with Crippen molar-refractivity contribution in [1.29, 1.82) is 0 Å². The van der Waals surface area contributed by atoms with Gasteiger partial charge in [0.15, 0.2) is 11.5 Å². The topological polar surface area (TPSA) is 42.0 Å². The van der Waals surface area contributed by atoms with E-state index < -0.39 is 0 Å². The Morgan fingerprint density at radius 2 is 1.93 bits per heavy atom. The van der Waals surface area contributed by atoms with Crippen LogP contribution in [-0.2, 0) is 6.54 Å². The number of nitrogens with zero attached hydrogens (tertiary/aromatic N) is 2. The van der Waals surface area contributed by atoms with Gasteiger partial charge in [-0.05, 0) is 52.7 Å². The lowest BCUT2D eigenvalue weighted by Gasteiger charge is -2.35. The van der Waals surface area contributed by atoms with Crippen LogP contribution in [0.5, 0.6) is 11.5 Å². The molecule has 1 saturated heterocycles. The monoisotopic (exact) mass is 466 g/mol. The second-order valence-corrected chi connectivity index (χ2v) is 7.91. The van der Waals surface area contributed by atoms with Crippen LogP contribution in [0, 0.1) is 0 Å². The van der Waals surface area contributed by atoms with Crippen molar-refractivity contribution >= 4 is 33.4 Å². The van der Waals surface area contributed by atoms with E-state index in [1.165, 1.54) is 5.56 Å². The van der Waals surface area contributed by atoms with E-state index >= 15 is 0 Å². The number of halogens is 2. The minimum Gasteiger partial charge on any atom is -0.493 e. The first kappa shape index (κ1) is 21.0. The van der Waals surface area contributed by atoms with Crippen LogP contribution in [0.25, 0.3) is 0 Å². The lowest BCUT2D eigenvalue weighted by Crippen LogP contribution is -2.48. The number of carbonyl (C=O) groups excluding carboxylic acids is 1. The van der Waals surface area contributed by atoms with Crippen LogP contribution in [0.1, 0.15) is 22.8 Å². The van der Waals surface area contributed by atoms with E-state index in [2.05, 4.69) is 26.9 Å². The van der Waals surface area contributed by atoms with Crippen LogP contribution in [-0.4, -0.2) is 55.6 Å². The van der Waals surface area contributed by atoms with Crippen LogP contribution in [0.2, 0.25) is 5.02 Å². The van der Waals surface area contributed by atoms with Gasteiger partial charge in [0.1, 0.15) is 0 Å². The quantitative estimate of drug-likeness (QED) is 0.629. The molecule has 0 aliphatic carbocycles. The van der Waals surface area contributed by atoms with Crippen LogP contribution < -0.4 is 9.47 Å². The van der Waals surface area contributed by atoms with Gasteiger partial charge in [-0.3, -0.25) is 9.69 Å². The zero-order valence-corrected chi connectivity index (χ0v) is 18.4. The lowest BCUT2D eigenvalue weighted by molar-refractivity contribution is 0.0628. The fraction of sp³-hybridized carbons (Fsp3) is 0.381. The lowest BCUT2D eigenvalue weighted by atomic mass is 10.1. The summed E-state index contributed by atoms with van der Waals surface area (Å²) in [4.78, 5) is 17.2. The van der Waals surface area contributed by atoms with Crippen molar-refractivity contribution in [2.75, 3.05) is 39.9 Å². The second kappa shape index (κ2) is 9.63. The molecular formula is C21H24BrClN2O3. The Balaban J connectivity index is 1.64. The molecule has 1 heterocycles. The Labute approximate surface area is 179 Å². The highest BCUT2D eigenvalue weighted by molar-refractivity contribution is 9.10. The third-order valence-electron chi connectivity index (χ3n) is 4.72. The minimum atomic E-state index is 0.00412. The zero-order valence-electron chi connectivity index (χ0n) is 16.1. The molecule has 28 heavy (non-hydrogen) atoms. The Hall–Kier alpha value is -1.76. The van der Waals surface area contributed by atoms with Gasteiger partial charge in [-0.15, -0.1) is 0 Å². The van der Waals surface area contributed by atoms with Gasteiger partial charge >= 0.3 is 0 Å². The second-order valence-electron chi connectivity index (χ2n) is 6.62. The van der Waals surface area contributed by atoms with Gasteiger partial charge in [0.2, 0.25) is 0 Å². The summed E-state index contributed by atoms with van der Waals surface area (Å²) < 4.78 is 11.7. The Bertz CT molecular complexity index is 838. The zero-order chi connectivity index (χ0) is 20.1. The van der Waals surface area contributed by atoms with Crippen molar-refractivity contribution < 1.29 is 14.3 Å². The highest BCUT2D eigenvalue weighted by Gasteiger charge is 2.24. The third kappa shape index (κ3) is 4.99. The summed E-state index contributed by atoms with van der Waals surface area (Å²) >= 11 is 9.56. The number of benzene rings is 2. The Morgan fingerprint density at radius 3 is 2.57 bits per heavy atom. The largest absolute Gasteiger partial charge is 0.493 e. The number of ether oxygens (including phenoxy) is 2. The fourth-order valence-corrected chi connectivity index (χ4v) is 4.08. The summed E-state index contributed by atoms with van der Waals surface area (Å²) in [5.41, 5.74) is 1.78. The summed E-state index contributed by atoms with van der Waals surface area (Å²) in [5.74, 6) is 1.18. The highest BCUT2D eigenvalue weighted by atomic mass is 79.9. The molecule has 1 amide bonds. The maximum atomic E-state index is 13.0. The molecule has 1 aliphatic heterocycles. The van der Waals surface area contributed by atoms with Gasteiger partial charge in [-0.25, -0.2) is 0 Å². The SMILES string of the molecule is CCOc1c(Br)cc(C(=O)N2CCN(Cc3cccc(Cl)c3)CC2)cc1OC. The molecule has 1 aliphatic rings. The van der Waals surface area contributed by atoms with E-state index in [1.807, 2.05) is 30.0 Å². The first-order valence-corrected chi connectivity index (χ1v) is 10.4. The van der Waals surface area contributed by atoms with Crippen molar-refractivity contribution in [2.24, 2.45) is 0 Å². The standard InChI is InChI=1S/C21H24BrClN2O3/c1-3-28-20-18(22)12-16(13-19(20)27-2)21(26)25-9-7-24(8-10-25)14-15-5-4-6-17(23)11-15/h4-6,11-13H,3,7-10,14H2,1-2H3. The summed E-state index contributed by atoms with van der Waals surface area (Å²) in [6.07, 6.45) is 0. The average molecular weight is 468 g/mol. The molecule has 0 bridgehead atoms. The number of methoxy groups -OCH3 is 1. The van der Waals surface area contributed by atoms with Crippen molar-refractivity contribution in [3.8, 4) is 11.5 Å². The van der Waals surface area contributed by atoms with Crippen LogP contribution in [0.4, 0.5) is 0 Å². The van der Waals surface area contributed by atoms with Gasteiger partial charge in [0.05, 0.1) is 18.2 Å².